The van der Waals surface area contributed by atoms with Crippen LogP contribution in [0.5, 0.6) is 0 Å². The van der Waals surface area contributed by atoms with Gasteiger partial charge in [-0.15, -0.1) is 11.3 Å². The van der Waals surface area contributed by atoms with Crippen LogP contribution in [-0.4, -0.2) is 20.9 Å². The van der Waals surface area contributed by atoms with E-state index in [1.54, 1.807) is 29.1 Å². The van der Waals surface area contributed by atoms with E-state index in [1.165, 1.54) is 6.08 Å². The summed E-state index contributed by atoms with van der Waals surface area (Å²) in [6.07, 6.45) is 4.95. The van der Waals surface area contributed by atoms with Gasteiger partial charge in [0.05, 0.1) is 6.20 Å². The lowest BCUT2D eigenvalue weighted by molar-refractivity contribution is -0.131. The van der Waals surface area contributed by atoms with Crippen LogP contribution in [0.2, 0.25) is 0 Å². The van der Waals surface area contributed by atoms with Gasteiger partial charge in [0.2, 0.25) is 0 Å². The van der Waals surface area contributed by atoms with Gasteiger partial charge in [-0.3, -0.25) is 4.68 Å². The van der Waals surface area contributed by atoms with Gasteiger partial charge in [-0.2, -0.15) is 5.10 Å². The van der Waals surface area contributed by atoms with Crippen LogP contribution < -0.4 is 0 Å². The average molecular weight is 248 g/mol. The third kappa shape index (κ3) is 2.62. The molecule has 17 heavy (non-hydrogen) atoms. The molecular weight excluding hydrogens is 236 g/mol. The zero-order chi connectivity index (χ0) is 12.4. The molecule has 1 N–H and O–H groups in total. The standard InChI is InChI=1S/C12H12N2O2S/c1-8(5-12(15)16)10-3-4-11(17-10)9-6-13-14(2)7-9/h3-7H,1-2H3,(H,15,16)/b8-5+. The molecule has 0 aliphatic heterocycles. The minimum Gasteiger partial charge on any atom is -0.478 e. The fourth-order valence-electron chi connectivity index (χ4n) is 1.51. The van der Waals surface area contributed by atoms with E-state index in [1.807, 2.05) is 25.4 Å². The maximum absolute atomic E-state index is 10.6. The fourth-order valence-corrected chi connectivity index (χ4v) is 2.46. The largest absolute Gasteiger partial charge is 0.478 e. The Morgan fingerprint density at radius 1 is 1.53 bits per heavy atom. The topological polar surface area (TPSA) is 55.1 Å². The first-order chi connectivity index (χ1) is 8.06. The van der Waals surface area contributed by atoms with Crippen molar-refractivity contribution in [2.75, 3.05) is 0 Å². The predicted octanol–water partition coefficient (Wildman–Crippen LogP) is 2.64. The lowest BCUT2D eigenvalue weighted by Gasteiger charge is -1.93. The van der Waals surface area contributed by atoms with Crippen LogP contribution in [0.25, 0.3) is 16.0 Å². The van der Waals surface area contributed by atoms with Gasteiger partial charge in [-0.05, 0) is 24.6 Å². The van der Waals surface area contributed by atoms with Crippen molar-refractivity contribution in [3.05, 3.63) is 35.5 Å². The molecule has 0 aliphatic carbocycles. The van der Waals surface area contributed by atoms with E-state index in [2.05, 4.69) is 5.10 Å². The highest BCUT2D eigenvalue weighted by Gasteiger charge is 2.06. The van der Waals surface area contributed by atoms with E-state index in [-0.39, 0.29) is 0 Å². The molecule has 0 aliphatic rings. The number of carboxylic acid groups (broad SMARTS) is 1. The second-order valence-electron chi connectivity index (χ2n) is 3.73. The van der Waals surface area contributed by atoms with E-state index in [9.17, 15) is 4.79 Å². The smallest absolute Gasteiger partial charge is 0.328 e. The summed E-state index contributed by atoms with van der Waals surface area (Å²) in [5.74, 6) is -0.918. The summed E-state index contributed by atoms with van der Waals surface area (Å²) in [5, 5.41) is 12.8. The first-order valence-corrected chi connectivity index (χ1v) is 5.88. The van der Waals surface area contributed by atoms with Gasteiger partial charge in [0.25, 0.3) is 0 Å². The molecule has 88 valence electrons. The molecule has 0 aromatic carbocycles. The Hall–Kier alpha value is -1.88. The maximum atomic E-state index is 10.6. The van der Waals surface area contributed by atoms with E-state index in [4.69, 9.17) is 5.11 Å². The van der Waals surface area contributed by atoms with E-state index < -0.39 is 5.97 Å². The molecule has 0 bridgehead atoms. The quantitative estimate of drug-likeness (QED) is 0.849. The monoisotopic (exact) mass is 248 g/mol. The second-order valence-corrected chi connectivity index (χ2v) is 4.82. The van der Waals surface area contributed by atoms with E-state index in [0.29, 0.717) is 0 Å². The van der Waals surface area contributed by atoms with Crippen molar-refractivity contribution in [3.63, 3.8) is 0 Å². The molecule has 0 spiro atoms. The average Bonchev–Trinajstić information content (AvgIpc) is 2.84. The van der Waals surface area contributed by atoms with E-state index >= 15 is 0 Å². The van der Waals surface area contributed by atoms with Crippen LogP contribution >= 0.6 is 11.3 Å². The summed E-state index contributed by atoms with van der Waals surface area (Å²) in [4.78, 5) is 12.6. The van der Waals surface area contributed by atoms with Crippen molar-refractivity contribution in [2.45, 2.75) is 6.92 Å². The maximum Gasteiger partial charge on any atom is 0.328 e. The number of thiophene rings is 1. The zero-order valence-corrected chi connectivity index (χ0v) is 10.4. The Labute approximate surface area is 103 Å². The van der Waals surface area contributed by atoms with E-state index in [0.717, 1.165) is 20.9 Å². The SMILES string of the molecule is C/C(=C\C(=O)O)c1ccc(-c2cnn(C)c2)s1. The molecule has 0 amide bonds. The molecule has 0 saturated heterocycles. The van der Waals surface area contributed by atoms with Crippen LogP contribution in [0.1, 0.15) is 11.8 Å². The molecule has 0 fully saturated rings. The van der Waals surface area contributed by atoms with Crippen LogP contribution in [-0.2, 0) is 11.8 Å². The van der Waals surface area contributed by atoms with Crippen molar-refractivity contribution < 1.29 is 9.90 Å². The summed E-state index contributed by atoms with van der Waals surface area (Å²) in [6, 6.07) is 3.91. The Balaban J connectivity index is 2.30. The molecule has 0 atom stereocenters. The van der Waals surface area contributed by atoms with Gasteiger partial charge in [0.1, 0.15) is 0 Å². The van der Waals surface area contributed by atoms with Gasteiger partial charge >= 0.3 is 5.97 Å². The highest BCUT2D eigenvalue weighted by Crippen LogP contribution is 2.31. The molecule has 2 aromatic heterocycles. The van der Waals surface area contributed by atoms with Crippen LogP contribution in [0.4, 0.5) is 0 Å². The minimum atomic E-state index is -0.918. The molecule has 4 nitrogen and oxygen atoms in total. The van der Waals surface area contributed by atoms with Crippen LogP contribution in [0.15, 0.2) is 30.6 Å². The number of aromatic nitrogens is 2. The number of rotatable bonds is 3. The molecule has 2 heterocycles. The number of aliphatic carboxylic acids is 1. The van der Waals surface area contributed by atoms with Gasteiger partial charge in [-0.25, -0.2) is 4.79 Å². The third-order valence-electron chi connectivity index (χ3n) is 2.32. The summed E-state index contributed by atoms with van der Waals surface area (Å²) in [7, 11) is 1.87. The lowest BCUT2D eigenvalue weighted by atomic mass is 10.2. The zero-order valence-electron chi connectivity index (χ0n) is 9.54. The molecule has 5 heteroatoms. The predicted molar refractivity (Wildman–Crippen MR) is 67.8 cm³/mol. The van der Waals surface area contributed by atoms with Gasteiger partial charge in [-0.1, -0.05) is 0 Å². The first-order valence-electron chi connectivity index (χ1n) is 5.06. The Bertz CT molecular complexity index is 581. The molecule has 0 radical (unpaired) electrons. The Morgan fingerprint density at radius 3 is 2.88 bits per heavy atom. The van der Waals surface area contributed by atoms with Crippen molar-refractivity contribution >= 4 is 22.9 Å². The van der Waals surface area contributed by atoms with Crippen LogP contribution in [0.3, 0.4) is 0 Å². The molecule has 2 aromatic rings. The third-order valence-corrected chi connectivity index (χ3v) is 3.59. The van der Waals surface area contributed by atoms with Gasteiger partial charge < -0.3 is 5.11 Å². The fraction of sp³-hybridized carbons (Fsp3) is 0.167. The number of hydrogen-bond donors (Lipinski definition) is 1. The second kappa shape index (κ2) is 4.55. The van der Waals surface area contributed by atoms with Crippen molar-refractivity contribution in [1.82, 2.24) is 9.78 Å². The highest BCUT2D eigenvalue weighted by molar-refractivity contribution is 7.16. The van der Waals surface area contributed by atoms with Gasteiger partial charge in [0.15, 0.2) is 0 Å². The summed E-state index contributed by atoms with van der Waals surface area (Å²) < 4.78 is 1.74. The van der Waals surface area contributed by atoms with Gasteiger partial charge in [0, 0.05) is 34.6 Å². The number of carboxylic acids is 1. The highest BCUT2D eigenvalue weighted by atomic mass is 32.1. The number of hydrogen-bond acceptors (Lipinski definition) is 3. The van der Waals surface area contributed by atoms with Crippen molar-refractivity contribution in [1.29, 1.82) is 0 Å². The normalized spacial score (nSPS) is 11.8. The lowest BCUT2D eigenvalue weighted by Crippen LogP contribution is -1.88. The number of aryl methyl sites for hydroxylation is 1. The van der Waals surface area contributed by atoms with Crippen molar-refractivity contribution in [2.24, 2.45) is 7.05 Å². The molecule has 0 unspecified atom stereocenters. The molecule has 0 saturated carbocycles. The first kappa shape index (κ1) is 11.6. The van der Waals surface area contributed by atoms with Crippen molar-refractivity contribution in [3.8, 4) is 10.4 Å². The number of allylic oxidation sites excluding steroid dienone is 1. The summed E-state index contributed by atoms with van der Waals surface area (Å²) in [5.41, 5.74) is 1.81. The van der Waals surface area contributed by atoms with Crippen LogP contribution in [0, 0.1) is 0 Å². The Morgan fingerprint density at radius 2 is 2.29 bits per heavy atom. The number of nitrogens with zero attached hydrogens (tertiary/aromatic N) is 2. The Kier molecular flexibility index (Phi) is 3.10. The molecule has 2 rings (SSSR count). The minimum absolute atomic E-state index is 0.762. The summed E-state index contributed by atoms with van der Waals surface area (Å²) in [6.45, 7) is 1.80. The number of carbonyl (C=O) groups is 1. The summed E-state index contributed by atoms with van der Waals surface area (Å²) >= 11 is 1.56. The molecular formula is C12H12N2O2S.